The van der Waals surface area contributed by atoms with Gasteiger partial charge in [-0.3, -0.25) is 4.79 Å². The minimum Gasteiger partial charge on any atom is -0.480 e. The molecule has 2 unspecified atom stereocenters. The van der Waals surface area contributed by atoms with Crippen LogP contribution in [0.5, 0.6) is 0 Å². The summed E-state index contributed by atoms with van der Waals surface area (Å²) in [6, 6.07) is -1.21. The Morgan fingerprint density at radius 3 is 2.31 bits per heavy atom. The van der Waals surface area contributed by atoms with Gasteiger partial charge in [-0.25, -0.2) is 8.78 Å². The minimum absolute atomic E-state index is 0.198. The van der Waals surface area contributed by atoms with Crippen LogP contribution in [-0.2, 0) is 4.79 Å². The summed E-state index contributed by atoms with van der Waals surface area (Å²) in [7, 11) is 0. The van der Waals surface area contributed by atoms with Crippen molar-refractivity contribution in [2.45, 2.75) is 39.2 Å². The lowest BCUT2D eigenvalue weighted by Gasteiger charge is -2.28. The highest BCUT2D eigenvalue weighted by Crippen LogP contribution is 2.34. The number of aliphatic carboxylic acids is 1. The molecule has 0 aliphatic carbocycles. The summed E-state index contributed by atoms with van der Waals surface area (Å²) in [5.74, 6) is -1.24. The number of hydrogen-bond acceptors (Lipinski definition) is 2. The molecule has 0 aliphatic heterocycles. The quantitative estimate of drug-likeness (QED) is 0.698. The predicted molar refractivity (Wildman–Crippen MR) is 44.6 cm³/mol. The first-order valence-corrected chi connectivity index (χ1v) is 4.10. The summed E-state index contributed by atoms with van der Waals surface area (Å²) in [5.41, 5.74) is 3.89. The van der Waals surface area contributed by atoms with Gasteiger partial charge in [0.05, 0.1) is 0 Å². The molecule has 0 bridgehead atoms. The molecule has 0 aromatic heterocycles. The average Bonchev–Trinajstić information content (AvgIpc) is 2.03. The Hall–Kier alpha value is -0.710. The molecular formula is C8H15F2NO2. The zero-order valence-electron chi connectivity index (χ0n) is 7.76. The van der Waals surface area contributed by atoms with Gasteiger partial charge < -0.3 is 10.8 Å². The van der Waals surface area contributed by atoms with Crippen LogP contribution in [0.2, 0.25) is 0 Å². The molecule has 0 saturated heterocycles. The van der Waals surface area contributed by atoms with Crippen molar-refractivity contribution < 1.29 is 18.7 Å². The van der Waals surface area contributed by atoms with Crippen molar-refractivity contribution in [2.24, 2.45) is 11.1 Å². The molecule has 0 rings (SSSR count). The second-order valence-electron chi connectivity index (χ2n) is 3.46. The van der Waals surface area contributed by atoms with Gasteiger partial charge in [-0.15, -0.1) is 0 Å². The van der Waals surface area contributed by atoms with Gasteiger partial charge in [-0.2, -0.15) is 0 Å². The van der Waals surface area contributed by atoms with Crippen LogP contribution in [-0.4, -0.2) is 23.5 Å². The highest BCUT2D eigenvalue weighted by atomic mass is 19.3. The monoisotopic (exact) mass is 195 g/mol. The molecule has 3 nitrogen and oxygen atoms in total. The summed E-state index contributed by atoms with van der Waals surface area (Å²) in [6.45, 7) is 2.95. The highest BCUT2D eigenvalue weighted by Gasteiger charge is 2.36. The van der Waals surface area contributed by atoms with Gasteiger partial charge in [0, 0.05) is 5.41 Å². The smallest absolute Gasteiger partial charge is 0.320 e. The Kier molecular flexibility index (Phi) is 4.26. The van der Waals surface area contributed by atoms with Crippen LogP contribution in [0.3, 0.4) is 0 Å². The van der Waals surface area contributed by atoms with Gasteiger partial charge in [0.1, 0.15) is 6.04 Å². The standard InChI is InChI=1S/C8H15F2NO2/c1-3-8(2,7(9)10)4-5(11)6(12)13/h5,7H,3-4,11H2,1-2H3,(H,12,13). The van der Waals surface area contributed by atoms with E-state index in [0.717, 1.165) is 0 Å². The molecule has 2 atom stereocenters. The summed E-state index contributed by atoms with van der Waals surface area (Å²) in [4.78, 5) is 10.3. The van der Waals surface area contributed by atoms with E-state index in [-0.39, 0.29) is 12.8 Å². The Labute approximate surface area is 75.9 Å². The summed E-state index contributed by atoms with van der Waals surface area (Å²) >= 11 is 0. The molecule has 0 aliphatic rings. The summed E-state index contributed by atoms with van der Waals surface area (Å²) in [5, 5.41) is 8.45. The van der Waals surface area contributed by atoms with E-state index < -0.39 is 23.9 Å². The molecule has 13 heavy (non-hydrogen) atoms. The lowest BCUT2D eigenvalue weighted by molar-refractivity contribution is -0.140. The second kappa shape index (κ2) is 4.50. The number of alkyl halides is 2. The first kappa shape index (κ1) is 12.3. The Morgan fingerprint density at radius 2 is 2.08 bits per heavy atom. The van der Waals surface area contributed by atoms with Crippen molar-refractivity contribution in [3.05, 3.63) is 0 Å². The van der Waals surface area contributed by atoms with E-state index in [0.29, 0.717) is 0 Å². The Morgan fingerprint density at radius 1 is 1.62 bits per heavy atom. The molecule has 5 heteroatoms. The van der Waals surface area contributed by atoms with E-state index in [1.807, 2.05) is 0 Å². The van der Waals surface area contributed by atoms with Gasteiger partial charge in [-0.05, 0) is 12.8 Å². The lowest BCUT2D eigenvalue weighted by Crippen LogP contribution is -2.39. The third-order valence-corrected chi connectivity index (χ3v) is 2.34. The normalized spacial score (nSPS) is 18.3. The SMILES string of the molecule is CCC(C)(CC(N)C(=O)O)C(F)F. The number of carbonyl (C=O) groups is 1. The summed E-state index contributed by atoms with van der Waals surface area (Å²) < 4.78 is 24.9. The fourth-order valence-corrected chi connectivity index (χ4v) is 0.977. The maximum absolute atomic E-state index is 12.5. The second-order valence-corrected chi connectivity index (χ2v) is 3.46. The van der Waals surface area contributed by atoms with Crippen LogP contribution in [0.15, 0.2) is 0 Å². The fraction of sp³-hybridized carbons (Fsp3) is 0.875. The first-order chi connectivity index (χ1) is 5.83. The summed E-state index contributed by atoms with van der Waals surface area (Å²) in [6.07, 6.45) is -2.52. The number of hydrogen-bond donors (Lipinski definition) is 2. The minimum atomic E-state index is -2.54. The van der Waals surface area contributed by atoms with Crippen LogP contribution in [0.4, 0.5) is 8.78 Å². The van der Waals surface area contributed by atoms with Crippen molar-refractivity contribution in [3.8, 4) is 0 Å². The Balaban J connectivity index is 4.35. The lowest BCUT2D eigenvalue weighted by atomic mass is 9.81. The van der Waals surface area contributed by atoms with Gasteiger partial charge in [0.2, 0.25) is 6.43 Å². The molecular weight excluding hydrogens is 180 g/mol. The number of halogens is 2. The highest BCUT2D eigenvalue weighted by molar-refractivity contribution is 5.73. The molecule has 0 aromatic rings. The maximum atomic E-state index is 12.5. The van der Waals surface area contributed by atoms with Crippen molar-refractivity contribution in [1.29, 1.82) is 0 Å². The van der Waals surface area contributed by atoms with E-state index in [9.17, 15) is 13.6 Å². The zero-order valence-corrected chi connectivity index (χ0v) is 7.76. The third kappa shape index (κ3) is 3.26. The van der Waals surface area contributed by atoms with E-state index >= 15 is 0 Å². The van der Waals surface area contributed by atoms with E-state index in [2.05, 4.69) is 0 Å². The molecule has 0 amide bonds. The van der Waals surface area contributed by atoms with E-state index in [1.165, 1.54) is 6.92 Å². The molecule has 0 radical (unpaired) electrons. The van der Waals surface area contributed by atoms with Crippen molar-refractivity contribution >= 4 is 5.97 Å². The van der Waals surface area contributed by atoms with Crippen LogP contribution in [0.25, 0.3) is 0 Å². The number of rotatable bonds is 5. The van der Waals surface area contributed by atoms with Crippen LogP contribution in [0, 0.1) is 5.41 Å². The topological polar surface area (TPSA) is 63.3 Å². The maximum Gasteiger partial charge on any atom is 0.320 e. The van der Waals surface area contributed by atoms with Gasteiger partial charge in [-0.1, -0.05) is 13.8 Å². The van der Waals surface area contributed by atoms with E-state index in [4.69, 9.17) is 10.8 Å². The van der Waals surface area contributed by atoms with Crippen molar-refractivity contribution in [1.82, 2.24) is 0 Å². The van der Waals surface area contributed by atoms with Crippen LogP contribution < -0.4 is 5.73 Å². The van der Waals surface area contributed by atoms with Crippen molar-refractivity contribution in [2.75, 3.05) is 0 Å². The largest absolute Gasteiger partial charge is 0.480 e. The van der Waals surface area contributed by atoms with Crippen LogP contribution in [0.1, 0.15) is 26.7 Å². The molecule has 0 heterocycles. The average molecular weight is 195 g/mol. The third-order valence-electron chi connectivity index (χ3n) is 2.34. The molecule has 0 saturated carbocycles. The number of nitrogens with two attached hydrogens (primary N) is 1. The van der Waals surface area contributed by atoms with Crippen LogP contribution >= 0.6 is 0 Å². The van der Waals surface area contributed by atoms with Gasteiger partial charge >= 0.3 is 5.97 Å². The zero-order chi connectivity index (χ0) is 10.6. The number of carboxylic acid groups (broad SMARTS) is 1. The first-order valence-electron chi connectivity index (χ1n) is 4.10. The molecule has 0 fully saturated rings. The molecule has 0 aromatic carbocycles. The predicted octanol–water partition coefficient (Wildman–Crippen LogP) is 1.47. The molecule has 78 valence electrons. The molecule has 0 spiro atoms. The fourth-order valence-electron chi connectivity index (χ4n) is 0.977. The number of carboxylic acids is 1. The molecule has 3 N–H and O–H groups in total. The van der Waals surface area contributed by atoms with E-state index in [1.54, 1.807) is 6.92 Å². The van der Waals surface area contributed by atoms with Gasteiger partial charge in [0.15, 0.2) is 0 Å². The Bertz CT molecular complexity index is 187. The van der Waals surface area contributed by atoms with Crippen molar-refractivity contribution in [3.63, 3.8) is 0 Å². The van der Waals surface area contributed by atoms with Gasteiger partial charge in [0.25, 0.3) is 0 Å².